The van der Waals surface area contributed by atoms with Gasteiger partial charge in [-0.15, -0.1) is 0 Å². The number of fused-ring (bicyclic) bond motifs is 1. The summed E-state index contributed by atoms with van der Waals surface area (Å²) in [6.07, 6.45) is 5.24. The normalized spacial score (nSPS) is 13.2. The first-order chi connectivity index (χ1) is 18.6. The number of aromatic nitrogens is 4. The van der Waals surface area contributed by atoms with Crippen molar-refractivity contribution in [2.45, 2.75) is 58.7 Å². The number of hydrogen-bond acceptors (Lipinski definition) is 9. The number of carbonyl (C=O) groups is 1. The quantitative estimate of drug-likeness (QED) is 0.232. The van der Waals surface area contributed by atoms with E-state index in [1.54, 1.807) is 23.9 Å². The lowest BCUT2D eigenvalue weighted by atomic mass is 10.1. The highest BCUT2D eigenvalue weighted by Gasteiger charge is 2.21. The number of carbonyl (C=O) groups excluding carboxylic acids is 1. The molecule has 11 heteroatoms. The van der Waals surface area contributed by atoms with Crippen LogP contribution in [0.25, 0.3) is 11.0 Å². The van der Waals surface area contributed by atoms with E-state index in [-0.39, 0.29) is 5.91 Å². The van der Waals surface area contributed by atoms with Crippen LogP contribution in [0.5, 0.6) is 17.2 Å². The fraction of sp³-hybridized carbons (Fsp3) is 0.556. The second-order valence-electron chi connectivity index (χ2n) is 8.83. The van der Waals surface area contributed by atoms with Crippen molar-refractivity contribution in [1.82, 2.24) is 25.1 Å². The zero-order chi connectivity index (χ0) is 26.9. The predicted molar refractivity (Wildman–Crippen MR) is 150 cm³/mol. The van der Waals surface area contributed by atoms with E-state index in [4.69, 9.17) is 24.2 Å². The van der Waals surface area contributed by atoms with Crippen molar-refractivity contribution in [1.29, 1.82) is 0 Å². The molecule has 0 radical (unpaired) electrons. The summed E-state index contributed by atoms with van der Waals surface area (Å²) in [7, 11) is 0. The van der Waals surface area contributed by atoms with Crippen LogP contribution in [-0.4, -0.2) is 70.9 Å². The standard InChI is InChI=1S/C27H38N6O4S/c1-5-15-38-27-30-24(32-12-9-10-13-32)20-18-29-33(25(20)31-27)14-11-28-26(34)19-16-21(35-6-2)23(37-8-4)22(17-19)36-7-3/h16-18H,5-15H2,1-4H3,(H,28,34). The number of amides is 1. The second-order valence-corrected chi connectivity index (χ2v) is 9.90. The smallest absolute Gasteiger partial charge is 0.251 e. The molecule has 2 aromatic heterocycles. The molecule has 1 amide bonds. The Bertz CT molecular complexity index is 1200. The van der Waals surface area contributed by atoms with Gasteiger partial charge in [0, 0.05) is 31.0 Å². The van der Waals surface area contributed by atoms with Crippen molar-refractivity contribution in [3.63, 3.8) is 0 Å². The molecule has 3 aromatic rings. The molecule has 1 N–H and O–H groups in total. The van der Waals surface area contributed by atoms with Crippen molar-refractivity contribution in [2.75, 3.05) is 50.1 Å². The molecule has 1 aliphatic heterocycles. The molecule has 1 aromatic carbocycles. The van der Waals surface area contributed by atoms with Gasteiger partial charge in [0.2, 0.25) is 5.75 Å². The Hall–Kier alpha value is -3.21. The zero-order valence-corrected chi connectivity index (χ0v) is 23.6. The molecular formula is C27H38N6O4S. The first kappa shape index (κ1) is 27.8. The van der Waals surface area contributed by atoms with Crippen LogP contribution >= 0.6 is 11.8 Å². The lowest BCUT2D eigenvalue weighted by molar-refractivity contribution is 0.0951. The van der Waals surface area contributed by atoms with E-state index in [0.29, 0.717) is 55.7 Å². The molecule has 0 atom stereocenters. The fourth-order valence-corrected chi connectivity index (χ4v) is 5.10. The minimum Gasteiger partial charge on any atom is -0.490 e. The maximum Gasteiger partial charge on any atom is 0.251 e. The maximum atomic E-state index is 13.1. The average molecular weight is 543 g/mol. The van der Waals surface area contributed by atoms with Crippen LogP contribution in [-0.2, 0) is 6.54 Å². The van der Waals surface area contributed by atoms with Gasteiger partial charge in [0.15, 0.2) is 22.3 Å². The Morgan fingerprint density at radius 1 is 1.00 bits per heavy atom. The van der Waals surface area contributed by atoms with Gasteiger partial charge in [0.1, 0.15) is 5.82 Å². The molecule has 1 fully saturated rings. The Labute approximate surface area is 228 Å². The molecule has 1 saturated heterocycles. The van der Waals surface area contributed by atoms with Crippen LogP contribution in [0, 0.1) is 0 Å². The summed E-state index contributed by atoms with van der Waals surface area (Å²) in [5.74, 6) is 3.20. The van der Waals surface area contributed by atoms with Gasteiger partial charge in [-0.1, -0.05) is 18.7 Å². The van der Waals surface area contributed by atoms with Crippen LogP contribution in [0.2, 0.25) is 0 Å². The predicted octanol–water partition coefficient (Wildman–Crippen LogP) is 4.55. The highest BCUT2D eigenvalue weighted by atomic mass is 32.2. The first-order valence-corrected chi connectivity index (χ1v) is 14.5. The monoisotopic (exact) mass is 542 g/mol. The summed E-state index contributed by atoms with van der Waals surface area (Å²) in [4.78, 5) is 25.1. The van der Waals surface area contributed by atoms with Crippen molar-refractivity contribution < 1.29 is 19.0 Å². The Morgan fingerprint density at radius 2 is 1.68 bits per heavy atom. The Balaban J connectivity index is 1.51. The fourth-order valence-electron chi connectivity index (χ4n) is 4.41. The topological polar surface area (TPSA) is 104 Å². The highest BCUT2D eigenvalue weighted by molar-refractivity contribution is 7.99. The summed E-state index contributed by atoms with van der Waals surface area (Å²) in [5.41, 5.74) is 1.25. The van der Waals surface area contributed by atoms with Gasteiger partial charge in [-0.05, 0) is 52.2 Å². The summed E-state index contributed by atoms with van der Waals surface area (Å²) in [5, 5.41) is 9.32. The average Bonchev–Trinajstić information content (AvgIpc) is 3.60. The molecule has 0 spiro atoms. The molecule has 38 heavy (non-hydrogen) atoms. The van der Waals surface area contributed by atoms with E-state index >= 15 is 0 Å². The second kappa shape index (κ2) is 13.5. The van der Waals surface area contributed by atoms with Crippen LogP contribution in [0.15, 0.2) is 23.5 Å². The third-order valence-electron chi connectivity index (χ3n) is 6.08. The third-order valence-corrected chi connectivity index (χ3v) is 7.13. The highest BCUT2D eigenvalue weighted by Crippen LogP contribution is 2.39. The zero-order valence-electron chi connectivity index (χ0n) is 22.8. The molecule has 0 unspecified atom stereocenters. The van der Waals surface area contributed by atoms with Gasteiger partial charge >= 0.3 is 0 Å². The van der Waals surface area contributed by atoms with Gasteiger partial charge in [-0.3, -0.25) is 4.79 Å². The Kier molecular flexibility index (Phi) is 9.91. The van der Waals surface area contributed by atoms with E-state index in [0.717, 1.165) is 47.3 Å². The lowest BCUT2D eigenvalue weighted by Gasteiger charge is -2.18. The van der Waals surface area contributed by atoms with Crippen LogP contribution in [0.4, 0.5) is 5.82 Å². The van der Waals surface area contributed by atoms with Gasteiger partial charge in [-0.25, -0.2) is 14.6 Å². The number of ether oxygens (including phenoxy) is 3. The van der Waals surface area contributed by atoms with Crippen LogP contribution in [0.3, 0.4) is 0 Å². The molecule has 0 aliphatic carbocycles. The van der Waals surface area contributed by atoms with E-state index in [2.05, 4.69) is 22.2 Å². The molecule has 206 valence electrons. The number of benzene rings is 1. The van der Waals surface area contributed by atoms with Crippen molar-refractivity contribution in [3.8, 4) is 17.2 Å². The van der Waals surface area contributed by atoms with Crippen molar-refractivity contribution in [2.24, 2.45) is 0 Å². The number of rotatable bonds is 14. The summed E-state index contributed by atoms with van der Waals surface area (Å²) in [6.45, 7) is 12.1. The van der Waals surface area contributed by atoms with Gasteiger partial charge < -0.3 is 24.4 Å². The summed E-state index contributed by atoms with van der Waals surface area (Å²) < 4.78 is 19.1. The lowest BCUT2D eigenvalue weighted by Crippen LogP contribution is -2.27. The van der Waals surface area contributed by atoms with E-state index in [1.165, 1.54) is 12.8 Å². The van der Waals surface area contributed by atoms with E-state index in [9.17, 15) is 4.79 Å². The third kappa shape index (κ3) is 6.43. The number of nitrogens with zero attached hydrogens (tertiary/aromatic N) is 5. The van der Waals surface area contributed by atoms with Crippen molar-refractivity contribution >= 4 is 34.5 Å². The minimum absolute atomic E-state index is 0.224. The molecule has 4 rings (SSSR count). The molecule has 1 aliphatic rings. The molecule has 0 bridgehead atoms. The first-order valence-electron chi connectivity index (χ1n) is 13.5. The van der Waals surface area contributed by atoms with Crippen molar-refractivity contribution in [3.05, 3.63) is 23.9 Å². The summed E-state index contributed by atoms with van der Waals surface area (Å²) >= 11 is 1.67. The molecule has 0 saturated carbocycles. The summed E-state index contributed by atoms with van der Waals surface area (Å²) in [6, 6.07) is 3.39. The van der Waals surface area contributed by atoms with E-state index < -0.39 is 0 Å². The maximum absolute atomic E-state index is 13.1. The van der Waals surface area contributed by atoms with Gasteiger partial charge in [-0.2, -0.15) is 5.10 Å². The molecule has 3 heterocycles. The largest absolute Gasteiger partial charge is 0.490 e. The number of thioether (sulfide) groups is 1. The number of hydrogen-bond donors (Lipinski definition) is 1. The van der Waals surface area contributed by atoms with E-state index in [1.807, 2.05) is 31.6 Å². The van der Waals surface area contributed by atoms with Gasteiger partial charge in [0.05, 0.1) is 37.9 Å². The van der Waals surface area contributed by atoms with Gasteiger partial charge in [0.25, 0.3) is 5.91 Å². The SMILES string of the molecule is CCCSc1nc(N2CCCC2)c2cnn(CCNC(=O)c3cc(OCC)c(OCC)c(OCC)c3)c2n1. The van der Waals surface area contributed by atoms with Crippen LogP contribution < -0.4 is 24.4 Å². The minimum atomic E-state index is -0.224. The number of anilines is 1. The molecular weight excluding hydrogens is 504 g/mol. The number of nitrogens with one attached hydrogen (secondary N) is 1. The van der Waals surface area contributed by atoms with Crippen LogP contribution in [0.1, 0.15) is 57.3 Å². The molecule has 10 nitrogen and oxygen atoms in total. The Morgan fingerprint density at radius 3 is 2.32 bits per heavy atom.